The molecule has 2 aromatic carbocycles. The summed E-state index contributed by atoms with van der Waals surface area (Å²) >= 11 is 0. The van der Waals surface area contributed by atoms with Gasteiger partial charge >= 0.3 is 5.69 Å². The van der Waals surface area contributed by atoms with Gasteiger partial charge in [0.1, 0.15) is 23.0 Å². The van der Waals surface area contributed by atoms with Crippen molar-refractivity contribution in [3.63, 3.8) is 0 Å². The van der Waals surface area contributed by atoms with Crippen molar-refractivity contribution in [2.24, 2.45) is 5.92 Å². The van der Waals surface area contributed by atoms with E-state index in [9.17, 15) is 23.2 Å². The molecule has 7 aromatic rings. The van der Waals surface area contributed by atoms with Crippen LogP contribution >= 0.6 is 0 Å². The molecule has 1 aliphatic rings. The van der Waals surface area contributed by atoms with E-state index in [1.807, 2.05) is 47.1 Å². The first-order valence-corrected chi connectivity index (χ1v) is 15.8. The molecule has 5 heterocycles. The fourth-order valence-electron chi connectivity index (χ4n) is 6.91. The lowest BCUT2D eigenvalue weighted by Gasteiger charge is -2.29. The number of carbonyl (C=O) groups is 1. The lowest BCUT2D eigenvalue weighted by atomic mass is 9.82. The van der Waals surface area contributed by atoms with Crippen molar-refractivity contribution >= 4 is 33.4 Å². The summed E-state index contributed by atoms with van der Waals surface area (Å²) in [7, 11) is 0. The molecule has 0 amide bonds. The molecule has 0 unspecified atom stereocenters. The molecule has 0 atom stereocenters. The van der Waals surface area contributed by atoms with Gasteiger partial charge in [-0.3, -0.25) is 18.8 Å². The van der Waals surface area contributed by atoms with E-state index in [-0.39, 0.29) is 34.8 Å². The van der Waals surface area contributed by atoms with Crippen molar-refractivity contribution < 1.29 is 13.6 Å². The van der Waals surface area contributed by atoms with Gasteiger partial charge in [0.05, 0.1) is 35.5 Å². The van der Waals surface area contributed by atoms with Gasteiger partial charge in [-0.15, -0.1) is 0 Å². The van der Waals surface area contributed by atoms with Gasteiger partial charge in [0.2, 0.25) is 0 Å². The van der Waals surface area contributed by atoms with Crippen LogP contribution in [0.15, 0.2) is 101 Å². The quantitative estimate of drug-likeness (QED) is 0.201. The Morgan fingerprint density at radius 3 is 2.50 bits per heavy atom. The molecule has 8 rings (SSSR count). The first-order chi connectivity index (χ1) is 23.3. The molecule has 0 bridgehead atoms. The zero-order valence-electron chi connectivity index (χ0n) is 25.7. The van der Waals surface area contributed by atoms with Crippen molar-refractivity contribution in [3.05, 3.63) is 135 Å². The molecule has 10 nitrogen and oxygen atoms in total. The summed E-state index contributed by atoms with van der Waals surface area (Å²) in [5, 5.41) is 5.36. The highest BCUT2D eigenvalue weighted by molar-refractivity contribution is 5.95. The number of pyridine rings is 2. The number of imidazole rings is 1. The summed E-state index contributed by atoms with van der Waals surface area (Å²) in [6.45, 7) is 0.575. The molecule has 12 heteroatoms. The van der Waals surface area contributed by atoms with Crippen molar-refractivity contribution in [1.29, 1.82) is 0 Å². The predicted octanol–water partition coefficient (Wildman–Crippen LogP) is 5.88. The van der Waals surface area contributed by atoms with E-state index in [1.165, 1.54) is 38.1 Å². The molecule has 0 aliphatic heterocycles. The summed E-state index contributed by atoms with van der Waals surface area (Å²) in [4.78, 5) is 49.6. The lowest BCUT2D eigenvalue weighted by molar-refractivity contribution is 0.0938. The summed E-state index contributed by atoms with van der Waals surface area (Å²) in [5.74, 6) is -1.21. The third-order valence-corrected chi connectivity index (χ3v) is 9.31. The number of benzene rings is 2. The standard InChI is InChI=1S/C36H29F2N7O3/c37-25-8-13-33-41-30(21-42(33)20-25)32(46)14-22-6-9-27(10-7-22)45-35(47)29-16-26(38)18-39-34(29)44(36(45)48)28-11-12-31-24(15-28)17-40-43(31)19-23-4-2-1-3-5-23/h1-5,8,11-13,15-18,20-22,27H,6-7,9-10,14,19H2. The third-order valence-electron chi connectivity index (χ3n) is 9.31. The maximum Gasteiger partial charge on any atom is 0.337 e. The minimum absolute atomic E-state index is 0.00931. The monoisotopic (exact) mass is 645 g/mol. The number of hydrogen-bond acceptors (Lipinski definition) is 6. The van der Waals surface area contributed by atoms with Crippen LogP contribution < -0.4 is 11.2 Å². The van der Waals surface area contributed by atoms with E-state index < -0.39 is 28.9 Å². The molecular formula is C36H29F2N7O3. The van der Waals surface area contributed by atoms with Crippen LogP contribution in [-0.4, -0.2) is 39.1 Å². The van der Waals surface area contributed by atoms with E-state index in [0.29, 0.717) is 43.6 Å². The summed E-state index contributed by atoms with van der Waals surface area (Å²) in [6, 6.07) is 18.9. The number of ketones is 1. The van der Waals surface area contributed by atoms with Gasteiger partial charge < -0.3 is 4.40 Å². The second kappa shape index (κ2) is 11.8. The van der Waals surface area contributed by atoms with Crippen molar-refractivity contribution in [1.82, 2.24) is 33.3 Å². The van der Waals surface area contributed by atoms with Crippen LogP contribution in [0, 0.1) is 17.6 Å². The molecule has 48 heavy (non-hydrogen) atoms. The molecule has 240 valence electrons. The Morgan fingerprint density at radius 2 is 1.69 bits per heavy atom. The molecule has 1 aliphatic carbocycles. The van der Waals surface area contributed by atoms with E-state index in [4.69, 9.17) is 0 Å². The molecule has 1 saturated carbocycles. The molecule has 1 fully saturated rings. The maximum atomic E-state index is 14.4. The number of Topliss-reactive ketones (excluding diaryl/α,β-unsaturated/α-hetero) is 1. The molecule has 0 radical (unpaired) electrons. The van der Waals surface area contributed by atoms with Crippen LogP contribution in [0.5, 0.6) is 0 Å². The number of fused-ring (bicyclic) bond motifs is 3. The highest BCUT2D eigenvalue weighted by atomic mass is 19.1. The van der Waals surface area contributed by atoms with Gasteiger partial charge in [-0.05, 0) is 73.6 Å². The first kappa shape index (κ1) is 29.6. The van der Waals surface area contributed by atoms with Crippen LogP contribution in [0.2, 0.25) is 0 Å². The van der Waals surface area contributed by atoms with E-state index in [1.54, 1.807) is 12.3 Å². The minimum Gasteiger partial charge on any atom is -0.303 e. The number of rotatable bonds is 7. The van der Waals surface area contributed by atoms with Crippen LogP contribution in [0.4, 0.5) is 8.78 Å². The number of hydrogen-bond donors (Lipinski definition) is 0. The fourth-order valence-corrected chi connectivity index (χ4v) is 6.91. The number of carbonyl (C=O) groups excluding carboxylic acids is 1. The summed E-state index contributed by atoms with van der Waals surface area (Å²) in [6.07, 6.45) is 7.98. The summed E-state index contributed by atoms with van der Waals surface area (Å²) < 4.78 is 34.0. The van der Waals surface area contributed by atoms with Crippen molar-refractivity contribution in [3.8, 4) is 5.69 Å². The zero-order chi connectivity index (χ0) is 32.9. The van der Waals surface area contributed by atoms with Crippen LogP contribution in [-0.2, 0) is 6.54 Å². The minimum atomic E-state index is -0.675. The smallest absolute Gasteiger partial charge is 0.303 e. The Hall–Kier alpha value is -5.78. The van der Waals surface area contributed by atoms with Gasteiger partial charge in [-0.1, -0.05) is 30.3 Å². The second-order valence-corrected chi connectivity index (χ2v) is 12.4. The number of nitrogens with zero attached hydrogens (tertiary/aromatic N) is 7. The Labute approximate surface area is 271 Å². The highest BCUT2D eigenvalue weighted by Crippen LogP contribution is 2.34. The van der Waals surface area contributed by atoms with Crippen LogP contribution in [0.3, 0.4) is 0 Å². The maximum absolute atomic E-state index is 14.4. The predicted molar refractivity (Wildman–Crippen MR) is 175 cm³/mol. The van der Waals surface area contributed by atoms with E-state index >= 15 is 0 Å². The fraction of sp³-hybridized carbons (Fsp3) is 0.222. The third kappa shape index (κ3) is 5.28. The largest absolute Gasteiger partial charge is 0.337 e. The number of halogens is 2. The Kier molecular flexibility index (Phi) is 7.27. The average Bonchev–Trinajstić information content (AvgIpc) is 3.70. The molecular weight excluding hydrogens is 616 g/mol. The lowest BCUT2D eigenvalue weighted by Crippen LogP contribution is -2.43. The van der Waals surface area contributed by atoms with Gasteiger partial charge in [-0.25, -0.2) is 28.1 Å². The van der Waals surface area contributed by atoms with Crippen molar-refractivity contribution in [2.75, 3.05) is 0 Å². The Morgan fingerprint density at radius 1 is 0.875 bits per heavy atom. The van der Waals surface area contributed by atoms with Gasteiger partial charge in [-0.2, -0.15) is 5.10 Å². The van der Waals surface area contributed by atoms with E-state index in [2.05, 4.69) is 15.1 Å². The first-order valence-electron chi connectivity index (χ1n) is 15.8. The molecule has 0 saturated heterocycles. The van der Waals surface area contributed by atoms with Gasteiger partial charge in [0.25, 0.3) is 5.56 Å². The van der Waals surface area contributed by atoms with Crippen LogP contribution in [0.1, 0.15) is 54.2 Å². The molecule has 0 N–H and O–H groups in total. The van der Waals surface area contributed by atoms with Crippen LogP contribution in [0.25, 0.3) is 33.3 Å². The highest BCUT2D eigenvalue weighted by Gasteiger charge is 2.29. The van der Waals surface area contributed by atoms with Crippen molar-refractivity contribution in [2.45, 2.75) is 44.7 Å². The normalized spacial score (nSPS) is 16.6. The zero-order valence-corrected chi connectivity index (χ0v) is 25.7. The van der Waals surface area contributed by atoms with Gasteiger partial charge in [0.15, 0.2) is 11.4 Å². The Bertz CT molecular complexity index is 2470. The van der Waals surface area contributed by atoms with Gasteiger partial charge in [0, 0.05) is 30.2 Å². The topological polar surface area (TPSA) is 109 Å². The molecule has 5 aromatic heterocycles. The summed E-state index contributed by atoms with van der Waals surface area (Å²) in [5.41, 5.74) is 2.14. The SMILES string of the molecule is O=C(CC1CCC(n2c(=O)c3cc(F)cnc3n(-c3ccc4c(cnn4Cc4ccccc4)c3)c2=O)CC1)c1cn2cc(F)ccc2n1. The number of aromatic nitrogens is 7. The average molecular weight is 646 g/mol. The second-order valence-electron chi connectivity index (χ2n) is 12.4. The van der Waals surface area contributed by atoms with E-state index in [0.717, 1.165) is 28.7 Å². The Balaban J connectivity index is 1.09. The molecule has 0 spiro atoms.